The summed E-state index contributed by atoms with van der Waals surface area (Å²) in [5.41, 5.74) is 1.10. The zero-order chi connectivity index (χ0) is 16.2. The van der Waals surface area contributed by atoms with Crippen LogP contribution < -0.4 is 0 Å². The van der Waals surface area contributed by atoms with Crippen LogP contribution in [0.25, 0.3) is 0 Å². The zero-order valence-electron chi connectivity index (χ0n) is 14.8. The standard InChI is InChI=1S/C18H35NO3/c1-4-7-8-11-16-12-9-13-17(19(16)20)14-10-15-18(21-5-2)22-6-3/h16,18H,4-15H2,1-3H3/t16-/m1/s1. The molecule has 22 heavy (non-hydrogen) atoms. The van der Waals surface area contributed by atoms with Crippen LogP contribution in [0.2, 0.25) is 0 Å². The summed E-state index contributed by atoms with van der Waals surface area (Å²) in [7, 11) is 0. The third-order valence-electron chi connectivity index (χ3n) is 4.40. The van der Waals surface area contributed by atoms with Crippen LogP contribution in [0.1, 0.15) is 85.0 Å². The molecule has 1 atom stereocenters. The molecule has 0 aromatic carbocycles. The molecule has 1 rings (SSSR count). The second kappa shape index (κ2) is 11.9. The molecule has 0 aliphatic carbocycles. The Labute approximate surface area is 136 Å². The van der Waals surface area contributed by atoms with E-state index in [9.17, 15) is 5.21 Å². The normalized spacial score (nSPS) is 19.2. The Hall–Kier alpha value is -0.610. The van der Waals surface area contributed by atoms with Gasteiger partial charge in [-0.1, -0.05) is 19.8 Å². The Morgan fingerprint density at radius 1 is 1.14 bits per heavy atom. The van der Waals surface area contributed by atoms with Gasteiger partial charge in [-0.25, -0.2) is 4.74 Å². The molecule has 130 valence electrons. The van der Waals surface area contributed by atoms with Crippen LogP contribution in [-0.4, -0.2) is 36.0 Å². The molecule has 0 radical (unpaired) electrons. The molecule has 0 spiro atoms. The van der Waals surface area contributed by atoms with Gasteiger partial charge in [0.25, 0.3) is 0 Å². The Morgan fingerprint density at radius 3 is 2.50 bits per heavy atom. The third kappa shape index (κ3) is 7.10. The molecule has 0 saturated carbocycles. The highest BCUT2D eigenvalue weighted by molar-refractivity contribution is 5.80. The van der Waals surface area contributed by atoms with Crippen LogP contribution in [0.3, 0.4) is 0 Å². The van der Waals surface area contributed by atoms with Crippen molar-refractivity contribution in [3.05, 3.63) is 5.21 Å². The van der Waals surface area contributed by atoms with Gasteiger partial charge in [0, 0.05) is 38.9 Å². The van der Waals surface area contributed by atoms with Crippen molar-refractivity contribution in [2.75, 3.05) is 13.2 Å². The molecular formula is C18H35NO3. The fourth-order valence-corrected chi connectivity index (χ4v) is 3.21. The van der Waals surface area contributed by atoms with Crippen molar-refractivity contribution in [2.24, 2.45) is 0 Å². The fraction of sp³-hybridized carbons (Fsp3) is 0.944. The highest BCUT2D eigenvalue weighted by atomic mass is 16.7. The maximum absolute atomic E-state index is 12.5. The Balaban J connectivity index is 2.39. The van der Waals surface area contributed by atoms with Crippen molar-refractivity contribution in [3.63, 3.8) is 0 Å². The summed E-state index contributed by atoms with van der Waals surface area (Å²) in [6.45, 7) is 7.54. The number of hydroxylamine groups is 1. The lowest BCUT2D eigenvalue weighted by atomic mass is 9.95. The number of rotatable bonds is 12. The predicted molar refractivity (Wildman–Crippen MR) is 91.3 cm³/mol. The second-order valence-electron chi connectivity index (χ2n) is 6.17. The van der Waals surface area contributed by atoms with E-state index < -0.39 is 0 Å². The average Bonchev–Trinajstić information content (AvgIpc) is 2.51. The van der Waals surface area contributed by atoms with Crippen LogP contribution in [0, 0.1) is 5.21 Å². The Bertz CT molecular complexity index is 311. The molecule has 1 heterocycles. The summed E-state index contributed by atoms with van der Waals surface area (Å²) < 4.78 is 12.5. The maximum atomic E-state index is 12.5. The van der Waals surface area contributed by atoms with E-state index >= 15 is 0 Å². The first-order valence-corrected chi connectivity index (χ1v) is 9.27. The van der Waals surface area contributed by atoms with Gasteiger partial charge in [0.05, 0.1) is 0 Å². The van der Waals surface area contributed by atoms with Crippen molar-refractivity contribution < 1.29 is 14.2 Å². The maximum Gasteiger partial charge on any atom is 0.163 e. The topological polar surface area (TPSA) is 44.5 Å². The number of ether oxygens (including phenoxy) is 2. The molecule has 1 aliphatic rings. The highest BCUT2D eigenvalue weighted by Gasteiger charge is 2.25. The average molecular weight is 313 g/mol. The summed E-state index contributed by atoms with van der Waals surface area (Å²) >= 11 is 0. The SMILES string of the molecule is CCCCC[C@@H]1CCCC(CCCC(OCC)OCC)=[N+]1[O-]. The number of hydrogen-bond acceptors (Lipinski definition) is 3. The Kier molecular flexibility index (Phi) is 10.5. The first-order valence-electron chi connectivity index (χ1n) is 9.27. The molecule has 0 N–H and O–H groups in total. The lowest BCUT2D eigenvalue weighted by molar-refractivity contribution is -0.510. The van der Waals surface area contributed by atoms with Crippen molar-refractivity contribution in [1.29, 1.82) is 0 Å². The Morgan fingerprint density at radius 2 is 1.86 bits per heavy atom. The molecule has 1 aliphatic heterocycles. The summed E-state index contributed by atoms with van der Waals surface area (Å²) in [5.74, 6) is 0. The van der Waals surface area contributed by atoms with Gasteiger partial charge in [0.1, 0.15) is 0 Å². The fourth-order valence-electron chi connectivity index (χ4n) is 3.21. The van der Waals surface area contributed by atoms with E-state index in [0.717, 1.165) is 44.2 Å². The first-order chi connectivity index (χ1) is 10.7. The highest BCUT2D eigenvalue weighted by Crippen LogP contribution is 2.21. The van der Waals surface area contributed by atoms with Crippen LogP contribution >= 0.6 is 0 Å². The van der Waals surface area contributed by atoms with E-state index in [1.165, 1.54) is 30.4 Å². The molecule has 0 unspecified atom stereocenters. The van der Waals surface area contributed by atoms with Crippen molar-refractivity contribution in [2.45, 2.75) is 97.3 Å². The van der Waals surface area contributed by atoms with E-state index in [1.807, 2.05) is 13.8 Å². The van der Waals surface area contributed by atoms with E-state index in [1.54, 1.807) is 0 Å². The van der Waals surface area contributed by atoms with Gasteiger partial charge in [0.2, 0.25) is 0 Å². The van der Waals surface area contributed by atoms with Crippen molar-refractivity contribution in [1.82, 2.24) is 0 Å². The number of hydrogen-bond donors (Lipinski definition) is 0. The van der Waals surface area contributed by atoms with Crippen LogP contribution in [0.4, 0.5) is 0 Å². The number of unbranched alkanes of at least 4 members (excludes halogenated alkanes) is 2. The first kappa shape index (κ1) is 19.4. The quantitative estimate of drug-likeness (QED) is 0.228. The summed E-state index contributed by atoms with van der Waals surface area (Å²) in [5, 5.41) is 12.5. The largest absolute Gasteiger partial charge is 0.624 e. The molecule has 0 aromatic heterocycles. The second-order valence-corrected chi connectivity index (χ2v) is 6.17. The molecule has 0 aromatic rings. The van der Waals surface area contributed by atoms with Crippen molar-refractivity contribution >= 4 is 5.71 Å². The lowest BCUT2D eigenvalue weighted by Gasteiger charge is -2.25. The molecule has 0 amide bonds. The van der Waals surface area contributed by atoms with Gasteiger partial charge in [0.15, 0.2) is 18.0 Å². The van der Waals surface area contributed by atoms with E-state index in [4.69, 9.17) is 9.47 Å². The zero-order valence-corrected chi connectivity index (χ0v) is 14.8. The van der Waals surface area contributed by atoms with Gasteiger partial charge in [-0.15, -0.1) is 0 Å². The van der Waals surface area contributed by atoms with Gasteiger partial charge >= 0.3 is 0 Å². The van der Waals surface area contributed by atoms with Gasteiger partial charge in [-0.2, -0.15) is 0 Å². The number of nitrogens with zero attached hydrogens (tertiary/aromatic N) is 1. The smallest absolute Gasteiger partial charge is 0.163 e. The molecule has 4 nitrogen and oxygen atoms in total. The van der Waals surface area contributed by atoms with Gasteiger partial charge in [-0.3, -0.25) is 0 Å². The van der Waals surface area contributed by atoms with E-state index in [2.05, 4.69) is 6.92 Å². The third-order valence-corrected chi connectivity index (χ3v) is 4.40. The minimum Gasteiger partial charge on any atom is -0.624 e. The van der Waals surface area contributed by atoms with E-state index in [-0.39, 0.29) is 12.3 Å². The molecular weight excluding hydrogens is 278 g/mol. The minimum absolute atomic E-state index is 0.111. The van der Waals surface area contributed by atoms with Crippen LogP contribution in [0.15, 0.2) is 0 Å². The van der Waals surface area contributed by atoms with Gasteiger partial charge < -0.3 is 14.7 Å². The minimum atomic E-state index is -0.111. The molecule has 0 fully saturated rings. The van der Waals surface area contributed by atoms with Gasteiger partial charge in [-0.05, 0) is 39.5 Å². The molecule has 0 bridgehead atoms. The lowest BCUT2D eigenvalue weighted by Crippen LogP contribution is -2.32. The molecule has 4 heteroatoms. The summed E-state index contributed by atoms with van der Waals surface area (Å²) in [6.07, 6.45) is 10.5. The van der Waals surface area contributed by atoms with Crippen molar-refractivity contribution in [3.8, 4) is 0 Å². The van der Waals surface area contributed by atoms with E-state index in [0.29, 0.717) is 13.2 Å². The van der Waals surface area contributed by atoms with Crippen LogP contribution in [0.5, 0.6) is 0 Å². The predicted octanol–water partition coefficient (Wildman–Crippen LogP) is 4.64. The molecule has 0 saturated heterocycles. The van der Waals surface area contributed by atoms with Crippen LogP contribution in [-0.2, 0) is 9.47 Å². The monoisotopic (exact) mass is 313 g/mol. The summed E-state index contributed by atoms with van der Waals surface area (Å²) in [4.78, 5) is 0. The summed E-state index contributed by atoms with van der Waals surface area (Å²) in [6, 6.07) is 0.227.